The number of carbonyl (C=O) groups is 1. The van der Waals surface area contributed by atoms with Crippen LogP contribution in [0.3, 0.4) is 0 Å². The van der Waals surface area contributed by atoms with Gasteiger partial charge in [0.15, 0.2) is 5.75 Å². The summed E-state index contributed by atoms with van der Waals surface area (Å²) in [5.74, 6) is 0.0492. The molecule has 0 aliphatic heterocycles. The van der Waals surface area contributed by atoms with Gasteiger partial charge in [0.05, 0.1) is 12.4 Å². The minimum atomic E-state index is -1.48. The smallest absolute Gasteiger partial charge is 0.239 e. The number of rotatable bonds is 10. The average Bonchev–Trinajstić information content (AvgIpc) is 2.72. The number of benzene rings is 1. The van der Waals surface area contributed by atoms with Crippen LogP contribution in [-0.4, -0.2) is 27.0 Å². The molecule has 2 unspecified atom stereocenters. The van der Waals surface area contributed by atoms with Gasteiger partial charge in [-0.1, -0.05) is 39.0 Å². The van der Waals surface area contributed by atoms with E-state index in [9.17, 15) is 13.8 Å². The first-order valence-electron chi connectivity index (χ1n) is 10.0. The summed E-state index contributed by atoms with van der Waals surface area (Å²) < 4.78 is 18.1. The highest BCUT2D eigenvalue weighted by molar-refractivity contribution is 7.85. The SMILES string of the molecule is CCCOc1c[nH]c(CS(=O)C(C)C(=O)Nc2c(CC)cccc2CC)cc1=O. The number of H-pyrrole nitrogens is 1. The number of carbonyl (C=O) groups excluding carboxylic acids is 1. The first kappa shape index (κ1) is 22.9. The van der Waals surface area contributed by atoms with Gasteiger partial charge in [0, 0.05) is 34.4 Å². The number of pyridine rings is 1. The van der Waals surface area contributed by atoms with Gasteiger partial charge in [-0.25, -0.2) is 0 Å². The molecule has 29 heavy (non-hydrogen) atoms. The zero-order valence-electron chi connectivity index (χ0n) is 17.5. The fourth-order valence-corrected chi connectivity index (χ4v) is 3.96. The third kappa shape index (κ3) is 6.03. The molecule has 0 fully saturated rings. The zero-order valence-corrected chi connectivity index (χ0v) is 18.4. The number of para-hydroxylation sites is 1. The summed E-state index contributed by atoms with van der Waals surface area (Å²) in [4.78, 5) is 27.8. The van der Waals surface area contributed by atoms with Crippen molar-refractivity contribution < 1.29 is 13.7 Å². The molecule has 1 heterocycles. The van der Waals surface area contributed by atoms with Crippen LogP contribution >= 0.6 is 0 Å². The number of amides is 1. The van der Waals surface area contributed by atoms with Gasteiger partial charge in [-0.15, -0.1) is 0 Å². The van der Waals surface area contributed by atoms with Gasteiger partial charge in [0.25, 0.3) is 0 Å². The van der Waals surface area contributed by atoms with E-state index >= 15 is 0 Å². The number of anilines is 1. The van der Waals surface area contributed by atoms with Crippen LogP contribution in [0, 0.1) is 0 Å². The van der Waals surface area contributed by atoms with Gasteiger partial charge < -0.3 is 15.0 Å². The molecule has 6 nitrogen and oxygen atoms in total. The molecule has 0 aliphatic carbocycles. The number of aryl methyl sites for hydroxylation is 2. The van der Waals surface area contributed by atoms with Crippen LogP contribution < -0.4 is 15.5 Å². The number of ether oxygens (including phenoxy) is 1. The van der Waals surface area contributed by atoms with Crippen molar-refractivity contribution in [2.24, 2.45) is 0 Å². The Labute approximate surface area is 174 Å². The van der Waals surface area contributed by atoms with Gasteiger partial charge >= 0.3 is 0 Å². The molecule has 1 aromatic carbocycles. The molecule has 0 spiro atoms. The topological polar surface area (TPSA) is 88.3 Å². The first-order valence-corrected chi connectivity index (χ1v) is 11.4. The number of aromatic amines is 1. The molecule has 0 aliphatic rings. The second-order valence-electron chi connectivity index (χ2n) is 6.85. The van der Waals surface area contributed by atoms with Crippen molar-refractivity contribution in [2.45, 2.75) is 58.0 Å². The Morgan fingerprint density at radius 2 is 1.86 bits per heavy atom. The predicted molar refractivity (Wildman–Crippen MR) is 118 cm³/mol. The van der Waals surface area contributed by atoms with Gasteiger partial charge in [-0.2, -0.15) is 0 Å². The van der Waals surface area contributed by atoms with E-state index < -0.39 is 16.0 Å². The van der Waals surface area contributed by atoms with Gasteiger partial charge in [0.1, 0.15) is 5.25 Å². The molecule has 1 amide bonds. The van der Waals surface area contributed by atoms with Crippen LogP contribution in [0.4, 0.5) is 5.69 Å². The Kier molecular flexibility index (Phi) is 8.64. The molecule has 2 atom stereocenters. The maximum absolute atomic E-state index is 12.7. The van der Waals surface area contributed by atoms with E-state index in [1.165, 1.54) is 12.3 Å². The highest BCUT2D eigenvalue weighted by Crippen LogP contribution is 2.23. The van der Waals surface area contributed by atoms with Gasteiger partial charge in [-0.05, 0) is 37.3 Å². The van der Waals surface area contributed by atoms with E-state index in [1.54, 1.807) is 6.92 Å². The Morgan fingerprint density at radius 1 is 1.21 bits per heavy atom. The lowest BCUT2D eigenvalue weighted by molar-refractivity contribution is -0.115. The van der Waals surface area contributed by atoms with E-state index in [2.05, 4.69) is 10.3 Å². The summed E-state index contributed by atoms with van der Waals surface area (Å²) in [6.45, 7) is 8.14. The summed E-state index contributed by atoms with van der Waals surface area (Å²) in [6, 6.07) is 7.35. The average molecular weight is 419 g/mol. The number of hydrogen-bond acceptors (Lipinski definition) is 4. The monoisotopic (exact) mass is 418 g/mol. The van der Waals surface area contributed by atoms with Crippen molar-refractivity contribution in [3.8, 4) is 5.75 Å². The Hall–Kier alpha value is -2.41. The van der Waals surface area contributed by atoms with Gasteiger partial charge in [-0.3, -0.25) is 13.8 Å². The molecule has 0 bridgehead atoms. The maximum atomic E-state index is 12.7. The summed E-state index contributed by atoms with van der Waals surface area (Å²) in [5.41, 5.74) is 3.19. The molecular weight excluding hydrogens is 388 g/mol. The van der Waals surface area contributed by atoms with Crippen LogP contribution in [-0.2, 0) is 34.2 Å². The Morgan fingerprint density at radius 3 is 2.41 bits per heavy atom. The number of aromatic nitrogens is 1. The molecule has 158 valence electrons. The molecule has 0 saturated heterocycles. The highest BCUT2D eigenvalue weighted by atomic mass is 32.2. The van der Waals surface area contributed by atoms with Gasteiger partial charge in [0.2, 0.25) is 11.3 Å². The van der Waals surface area contributed by atoms with Crippen molar-refractivity contribution in [3.63, 3.8) is 0 Å². The van der Waals surface area contributed by atoms with Crippen LogP contribution in [0.2, 0.25) is 0 Å². The minimum Gasteiger partial charge on any atom is -0.488 e. The van der Waals surface area contributed by atoms with E-state index in [0.29, 0.717) is 12.3 Å². The quantitative estimate of drug-likeness (QED) is 0.617. The fourth-order valence-electron chi connectivity index (χ4n) is 2.93. The first-order chi connectivity index (χ1) is 13.9. The maximum Gasteiger partial charge on any atom is 0.239 e. The van der Waals surface area contributed by atoms with Crippen LogP contribution in [0.25, 0.3) is 0 Å². The summed E-state index contributed by atoms with van der Waals surface area (Å²) in [5, 5.41) is 2.25. The Bertz CT molecular complexity index is 901. The lowest BCUT2D eigenvalue weighted by Crippen LogP contribution is -2.30. The molecule has 2 N–H and O–H groups in total. The fraction of sp³-hybridized carbons (Fsp3) is 0.455. The van der Waals surface area contributed by atoms with Crippen LogP contribution in [0.15, 0.2) is 35.3 Å². The number of hydrogen-bond donors (Lipinski definition) is 2. The van der Waals surface area contributed by atoms with Crippen LogP contribution in [0.1, 0.15) is 50.9 Å². The summed E-state index contributed by atoms with van der Waals surface area (Å²) in [7, 11) is -1.48. The van der Waals surface area contributed by atoms with E-state index in [0.717, 1.165) is 36.1 Å². The van der Waals surface area contributed by atoms with E-state index in [-0.39, 0.29) is 22.8 Å². The lowest BCUT2D eigenvalue weighted by Gasteiger charge is -2.17. The normalized spacial score (nSPS) is 13.0. The lowest BCUT2D eigenvalue weighted by atomic mass is 10.0. The second-order valence-corrected chi connectivity index (χ2v) is 8.61. The van der Waals surface area contributed by atoms with Crippen LogP contribution in [0.5, 0.6) is 5.75 Å². The molecule has 7 heteroatoms. The molecule has 0 saturated carbocycles. The van der Waals surface area contributed by atoms with E-state index in [4.69, 9.17) is 4.74 Å². The third-order valence-corrected chi connectivity index (χ3v) is 6.31. The Balaban J connectivity index is 2.08. The van der Waals surface area contributed by atoms with E-state index in [1.807, 2.05) is 39.0 Å². The third-order valence-electron chi connectivity index (χ3n) is 4.71. The summed E-state index contributed by atoms with van der Waals surface area (Å²) >= 11 is 0. The zero-order chi connectivity index (χ0) is 21.4. The molecule has 1 aromatic heterocycles. The van der Waals surface area contributed by atoms with Crippen molar-refractivity contribution in [1.29, 1.82) is 0 Å². The standard InChI is InChI=1S/C22H30N2O4S/c1-5-11-28-20-13-23-18(12-19(20)25)14-29(27)15(4)22(26)24-21-16(6-2)9-8-10-17(21)7-3/h8-10,12-13,15H,5-7,11,14H2,1-4H3,(H,23,25)(H,24,26). The highest BCUT2D eigenvalue weighted by Gasteiger charge is 2.22. The largest absolute Gasteiger partial charge is 0.488 e. The van der Waals surface area contributed by atoms with Crippen molar-refractivity contribution in [2.75, 3.05) is 11.9 Å². The second kappa shape index (κ2) is 11.0. The van der Waals surface area contributed by atoms with Crippen molar-refractivity contribution in [3.05, 3.63) is 57.5 Å². The minimum absolute atomic E-state index is 0.0912. The summed E-state index contributed by atoms with van der Waals surface area (Å²) in [6.07, 6.45) is 3.89. The predicted octanol–water partition coefficient (Wildman–Crippen LogP) is 3.56. The number of nitrogens with one attached hydrogen (secondary N) is 2. The molecule has 2 rings (SSSR count). The molecule has 2 aromatic rings. The van der Waals surface area contributed by atoms with Crippen molar-refractivity contribution >= 4 is 22.4 Å². The molecular formula is C22H30N2O4S. The van der Waals surface area contributed by atoms with Crippen molar-refractivity contribution in [1.82, 2.24) is 4.98 Å². The molecule has 0 radical (unpaired) electrons.